The van der Waals surface area contributed by atoms with Gasteiger partial charge < -0.3 is 10.1 Å². The predicted octanol–water partition coefficient (Wildman–Crippen LogP) is 3.36. The normalized spacial score (nSPS) is 23.4. The zero-order chi connectivity index (χ0) is 12.8. The van der Waals surface area contributed by atoms with Crippen molar-refractivity contribution in [3.8, 4) is 0 Å². The molecule has 2 rings (SSSR count). The van der Waals surface area contributed by atoms with E-state index in [1.807, 2.05) is 37.3 Å². The molecule has 1 aliphatic carbocycles. The summed E-state index contributed by atoms with van der Waals surface area (Å²) in [6.07, 6.45) is 4.85. The molecular weight excluding hydrogens is 226 g/mol. The molecule has 1 fully saturated rings. The van der Waals surface area contributed by atoms with Crippen LogP contribution in [0.1, 0.15) is 39.0 Å². The first-order chi connectivity index (χ1) is 8.79. The molecule has 0 bridgehead atoms. The molecule has 0 saturated heterocycles. The van der Waals surface area contributed by atoms with Crippen LogP contribution in [0.3, 0.4) is 0 Å². The van der Waals surface area contributed by atoms with Crippen molar-refractivity contribution in [1.82, 2.24) is 0 Å². The number of nitrogens with one attached hydrogen (secondary N) is 1. The van der Waals surface area contributed by atoms with Crippen LogP contribution in [0.15, 0.2) is 30.3 Å². The SMILES string of the molecule is CCC(=O)O[C@@H]1CCCC[C@@H]1Nc1ccccc1. The number of hydrogen-bond donors (Lipinski definition) is 1. The number of esters is 1. The van der Waals surface area contributed by atoms with Crippen LogP contribution < -0.4 is 5.32 Å². The monoisotopic (exact) mass is 247 g/mol. The highest BCUT2D eigenvalue weighted by atomic mass is 16.5. The number of benzene rings is 1. The Bertz CT molecular complexity index is 377. The molecule has 0 aliphatic heterocycles. The Hall–Kier alpha value is -1.51. The van der Waals surface area contributed by atoms with Gasteiger partial charge >= 0.3 is 5.97 Å². The van der Waals surface area contributed by atoms with Gasteiger partial charge in [0.1, 0.15) is 6.10 Å². The molecule has 98 valence electrons. The third-order valence-corrected chi connectivity index (χ3v) is 3.40. The number of carbonyl (C=O) groups excluding carboxylic acids is 1. The third kappa shape index (κ3) is 3.49. The molecule has 3 heteroatoms. The second kappa shape index (κ2) is 6.43. The minimum Gasteiger partial charge on any atom is -0.460 e. The molecule has 0 amide bonds. The van der Waals surface area contributed by atoms with Crippen LogP contribution in [0.5, 0.6) is 0 Å². The highest BCUT2D eigenvalue weighted by Crippen LogP contribution is 2.24. The van der Waals surface area contributed by atoms with Gasteiger partial charge in [-0.05, 0) is 31.4 Å². The second-order valence-electron chi connectivity index (χ2n) is 4.78. The second-order valence-corrected chi connectivity index (χ2v) is 4.78. The topological polar surface area (TPSA) is 38.3 Å². The summed E-state index contributed by atoms with van der Waals surface area (Å²) in [5, 5.41) is 3.48. The fraction of sp³-hybridized carbons (Fsp3) is 0.533. The molecule has 3 nitrogen and oxygen atoms in total. The van der Waals surface area contributed by atoms with E-state index in [1.165, 1.54) is 6.42 Å². The lowest BCUT2D eigenvalue weighted by atomic mass is 9.92. The minimum absolute atomic E-state index is 0.0198. The highest BCUT2D eigenvalue weighted by Gasteiger charge is 2.27. The van der Waals surface area contributed by atoms with Crippen molar-refractivity contribution in [2.24, 2.45) is 0 Å². The van der Waals surface area contributed by atoms with Crippen LogP contribution >= 0.6 is 0 Å². The molecule has 0 aromatic heterocycles. The number of rotatable bonds is 4. The van der Waals surface area contributed by atoms with E-state index < -0.39 is 0 Å². The van der Waals surface area contributed by atoms with Gasteiger partial charge in [0.05, 0.1) is 6.04 Å². The Balaban J connectivity index is 1.97. The summed E-state index contributed by atoms with van der Waals surface area (Å²) < 4.78 is 5.52. The molecular formula is C15H21NO2. The standard InChI is InChI=1S/C15H21NO2/c1-2-15(17)18-14-11-7-6-10-13(14)16-12-8-4-3-5-9-12/h3-5,8-9,13-14,16H,2,6-7,10-11H2,1H3/t13-,14+/m0/s1. The van der Waals surface area contributed by atoms with Gasteiger partial charge in [0.2, 0.25) is 0 Å². The van der Waals surface area contributed by atoms with Crippen LogP contribution in [0.25, 0.3) is 0 Å². The Morgan fingerprint density at radius 1 is 1.28 bits per heavy atom. The van der Waals surface area contributed by atoms with Gasteiger partial charge in [-0.1, -0.05) is 31.5 Å². The molecule has 0 radical (unpaired) electrons. The van der Waals surface area contributed by atoms with Gasteiger partial charge in [-0.3, -0.25) is 4.79 Å². The summed E-state index contributed by atoms with van der Waals surface area (Å²) in [7, 11) is 0. The average molecular weight is 247 g/mol. The molecule has 0 heterocycles. The fourth-order valence-corrected chi connectivity index (χ4v) is 2.40. The molecule has 1 aromatic rings. The number of ether oxygens (including phenoxy) is 1. The van der Waals surface area contributed by atoms with E-state index in [1.54, 1.807) is 0 Å². The maximum atomic E-state index is 11.4. The van der Waals surface area contributed by atoms with Crippen molar-refractivity contribution in [2.75, 3.05) is 5.32 Å². The number of anilines is 1. The van der Waals surface area contributed by atoms with E-state index in [9.17, 15) is 4.79 Å². The fourth-order valence-electron chi connectivity index (χ4n) is 2.40. The first-order valence-electron chi connectivity index (χ1n) is 6.80. The van der Waals surface area contributed by atoms with Crippen LogP contribution in [0.4, 0.5) is 5.69 Å². The molecule has 1 aromatic carbocycles. The summed E-state index contributed by atoms with van der Waals surface area (Å²) in [5.41, 5.74) is 1.10. The van der Waals surface area contributed by atoms with Gasteiger partial charge in [0, 0.05) is 12.1 Å². The number of para-hydroxylation sites is 1. The van der Waals surface area contributed by atoms with E-state index in [0.717, 1.165) is 24.9 Å². The van der Waals surface area contributed by atoms with Crippen LogP contribution in [0.2, 0.25) is 0 Å². The van der Waals surface area contributed by atoms with Crippen molar-refractivity contribution in [1.29, 1.82) is 0 Å². The van der Waals surface area contributed by atoms with Crippen molar-refractivity contribution in [3.63, 3.8) is 0 Å². The van der Waals surface area contributed by atoms with Crippen LogP contribution in [0, 0.1) is 0 Å². The largest absolute Gasteiger partial charge is 0.460 e. The summed E-state index contributed by atoms with van der Waals surface area (Å²) in [6.45, 7) is 1.84. The summed E-state index contributed by atoms with van der Waals surface area (Å²) in [4.78, 5) is 11.4. The molecule has 1 saturated carbocycles. The molecule has 1 N–H and O–H groups in total. The van der Waals surface area contributed by atoms with E-state index in [4.69, 9.17) is 4.74 Å². The van der Waals surface area contributed by atoms with Gasteiger partial charge in [-0.2, -0.15) is 0 Å². The molecule has 0 unspecified atom stereocenters. The lowest BCUT2D eigenvalue weighted by Gasteiger charge is -2.32. The van der Waals surface area contributed by atoms with Gasteiger partial charge in [-0.15, -0.1) is 0 Å². The highest BCUT2D eigenvalue weighted by molar-refractivity contribution is 5.69. The average Bonchev–Trinajstić information content (AvgIpc) is 2.42. The van der Waals surface area contributed by atoms with E-state index >= 15 is 0 Å². The van der Waals surface area contributed by atoms with Crippen molar-refractivity contribution in [3.05, 3.63) is 30.3 Å². The minimum atomic E-state index is -0.0956. The van der Waals surface area contributed by atoms with Crippen LogP contribution in [-0.2, 0) is 9.53 Å². The number of hydrogen-bond acceptors (Lipinski definition) is 3. The van der Waals surface area contributed by atoms with Crippen molar-refractivity contribution < 1.29 is 9.53 Å². The Morgan fingerprint density at radius 3 is 2.72 bits per heavy atom. The maximum Gasteiger partial charge on any atom is 0.305 e. The first-order valence-corrected chi connectivity index (χ1v) is 6.80. The Kier molecular flexibility index (Phi) is 4.62. The molecule has 0 spiro atoms. The van der Waals surface area contributed by atoms with E-state index in [-0.39, 0.29) is 18.1 Å². The molecule has 1 aliphatic rings. The maximum absolute atomic E-state index is 11.4. The summed E-state index contributed by atoms with van der Waals surface area (Å²) in [6, 6.07) is 10.4. The lowest BCUT2D eigenvalue weighted by molar-refractivity contribution is -0.150. The Morgan fingerprint density at radius 2 is 2.00 bits per heavy atom. The van der Waals surface area contributed by atoms with Crippen molar-refractivity contribution in [2.45, 2.75) is 51.2 Å². The Labute approximate surface area is 109 Å². The lowest BCUT2D eigenvalue weighted by Crippen LogP contribution is -2.39. The zero-order valence-electron chi connectivity index (χ0n) is 10.9. The number of carbonyl (C=O) groups is 1. The van der Waals surface area contributed by atoms with Gasteiger partial charge in [-0.25, -0.2) is 0 Å². The van der Waals surface area contributed by atoms with Gasteiger partial charge in [0.25, 0.3) is 0 Å². The molecule has 2 atom stereocenters. The third-order valence-electron chi connectivity index (χ3n) is 3.40. The first kappa shape index (κ1) is 12.9. The van der Waals surface area contributed by atoms with Gasteiger partial charge in [0.15, 0.2) is 0 Å². The molecule has 18 heavy (non-hydrogen) atoms. The summed E-state index contributed by atoms with van der Waals surface area (Å²) in [5.74, 6) is -0.0956. The van der Waals surface area contributed by atoms with Crippen LogP contribution in [-0.4, -0.2) is 18.1 Å². The quantitative estimate of drug-likeness (QED) is 0.829. The predicted molar refractivity (Wildman–Crippen MR) is 72.5 cm³/mol. The summed E-state index contributed by atoms with van der Waals surface area (Å²) >= 11 is 0. The van der Waals surface area contributed by atoms with Crippen molar-refractivity contribution >= 4 is 11.7 Å². The zero-order valence-corrected chi connectivity index (χ0v) is 10.9. The van der Waals surface area contributed by atoms with E-state index in [0.29, 0.717) is 6.42 Å². The van der Waals surface area contributed by atoms with E-state index in [2.05, 4.69) is 5.32 Å². The smallest absolute Gasteiger partial charge is 0.305 e.